The van der Waals surface area contributed by atoms with Gasteiger partial charge in [-0.1, -0.05) is 156 Å². The van der Waals surface area contributed by atoms with Gasteiger partial charge in [0.2, 0.25) is 0 Å². The highest BCUT2D eigenvalue weighted by molar-refractivity contribution is 7.49. The molecule has 0 radical (unpaired) electrons. The summed E-state index contributed by atoms with van der Waals surface area (Å²) in [6, 6.07) is 23.6. The van der Waals surface area contributed by atoms with Crippen molar-refractivity contribution in [3.05, 3.63) is 89.5 Å². The molecule has 0 amide bonds. The molecular weight excluding hydrogens is 599 g/mol. The van der Waals surface area contributed by atoms with Gasteiger partial charge in [0, 0.05) is 0 Å². The summed E-state index contributed by atoms with van der Waals surface area (Å²) in [5, 5.41) is 0. The Bertz CT molecular complexity index is 1200. The number of hydrogen-bond acceptors (Lipinski definition) is 4. The van der Waals surface area contributed by atoms with Crippen molar-refractivity contribution in [2.75, 3.05) is 0 Å². The van der Waals surface area contributed by atoms with Crippen LogP contribution in [0, 0.1) is 0 Å². The zero-order valence-electron chi connectivity index (χ0n) is 31.0. The summed E-state index contributed by atoms with van der Waals surface area (Å²) in [5.41, 5.74) is 3.82. The van der Waals surface area contributed by atoms with E-state index in [-0.39, 0.29) is 16.2 Å². The summed E-state index contributed by atoms with van der Waals surface area (Å²) in [4.78, 5) is 0. The van der Waals surface area contributed by atoms with Crippen LogP contribution in [0.15, 0.2) is 72.8 Å². The van der Waals surface area contributed by atoms with Gasteiger partial charge in [-0.25, -0.2) is 0 Å². The maximum atomic E-state index is 14.4. The number of phosphoric acid groups is 1. The molecule has 4 nitrogen and oxygen atoms in total. The van der Waals surface area contributed by atoms with Crippen LogP contribution in [0.3, 0.4) is 0 Å². The largest absolute Gasteiger partial charge is 0.647 e. The van der Waals surface area contributed by atoms with E-state index in [0.717, 1.165) is 19.3 Å². The molecule has 0 saturated heterocycles. The lowest BCUT2D eigenvalue weighted by Crippen LogP contribution is -2.17. The Hall–Kier alpha value is -2.71. The number of hydrogen-bond donors (Lipinski definition) is 0. The minimum absolute atomic E-state index is 0.0442. The van der Waals surface area contributed by atoms with Crippen LogP contribution in [-0.4, -0.2) is 0 Å². The van der Waals surface area contributed by atoms with E-state index in [9.17, 15) is 4.57 Å². The Kier molecular flexibility index (Phi) is 14.5. The van der Waals surface area contributed by atoms with Crippen LogP contribution in [0.5, 0.6) is 17.2 Å². The number of benzene rings is 3. The predicted octanol–water partition coefficient (Wildman–Crippen LogP) is 13.9. The van der Waals surface area contributed by atoms with Crippen molar-refractivity contribution < 1.29 is 18.1 Å². The molecule has 5 heteroatoms. The third-order valence-electron chi connectivity index (χ3n) is 9.78. The Labute approximate surface area is 287 Å². The van der Waals surface area contributed by atoms with E-state index in [1.54, 1.807) is 0 Å². The molecule has 0 fully saturated rings. The third kappa shape index (κ3) is 12.0. The molecule has 0 aliphatic carbocycles. The first-order valence-electron chi connectivity index (χ1n) is 18.2. The molecule has 0 aliphatic heterocycles. The van der Waals surface area contributed by atoms with Gasteiger partial charge >= 0.3 is 7.82 Å². The van der Waals surface area contributed by atoms with Gasteiger partial charge in [-0.15, -0.1) is 0 Å². The van der Waals surface area contributed by atoms with Crippen LogP contribution in [0.1, 0.15) is 156 Å². The fourth-order valence-electron chi connectivity index (χ4n) is 6.23. The normalized spacial score (nSPS) is 12.6. The van der Waals surface area contributed by atoms with Crippen molar-refractivity contribution in [1.82, 2.24) is 0 Å². The average Bonchev–Trinajstić information content (AvgIpc) is 3.02. The van der Waals surface area contributed by atoms with E-state index in [4.69, 9.17) is 13.6 Å². The molecule has 0 N–H and O–H groups in total. The van der Waals surface area contributed by atoms with E-state index in [2.05, 4.69) is 98.7 Å². The summed E-state index contributed by atoms with van der Waals surface area (Å²) < 4.78 is 32.8. The Morgan fingerprint density at radius 3 is 0.872 bits per heavy atom. The van der Waals surface area contributed by atoms with E-state index >= 15 is 0 Å². The summed E-state index contributed by atoms with van der Waals surface area (Å²) in [6.45, 7) is 20.4. The van der Waals surface area contributed by atoms with E-state index in [0.29, 0.717) is 17.2 Å². The lowest BCUT2D eigenvalue weighted by molar-refractivity contribution is 0.298. The number of rotatable bonds is 21. The van der Waals surface area contributed by atoms with Gasteiger partial charge in [-0.3, -0.25) is 0 Å². The zero-order chi connectivity index (χ0) is 34.6. The molecule has 3 rings (SSSR count). The van der Waals surface area contributed by atoms with E-state index in [1.165, 1.54) is 74.5 Å². The Balaban J connectivity index is 1.85. The van der Waals surface area contributed by atoms with Gasteiger partial charge in [0.15, 0.2) is 0 Å². The van der Waals surface area contributed by atoms with Gasteiger partial charge in [0.1, 0.15) is 17.2 Å². The molecule has 0 spiro atoms. The molecule has 260 valence electrons. The van der Waals surface area contributed by atoms with Gasteiger partial charge in [0.05, 0.1) is 0 Å². The maximum Gasteiger partial charge on any atom is 0.647 e. The molecule has 0 unspecified atom stereocenters. The topological polar surface area (TPSA) is 44.8 Å². The van der Waals surface area contributed by atoms with Crippen molar-refractivity contribution in [1.29, 1.82) is 0 Å². The molecule has 0 aliphatic rings. The second kappa shape index (κ2) is 17.6. The SMILES string of the molecule is CCCCCC(C)(C)c1ccc(OP(=O)(Oc2ccc(C(C)(C)CCCCC)cc2)Oc2ccc(C(C)(C)CCCCC)cc2)cc1. The van der Waals surface area contributed by atoms with Crippen molar-refractivity contribution in [2.24, 2.45) is 0 Å². The van der Waals surface area contributed by atoms with E-state index < -0.39 is 7.82 Å². The summed E-state index contributed by atoms with van der Waals surface area (Å²) in [5.74, 6) is 1.34. The van der Waals surface area contributed by atoms with E-state index in [1.807, 2.05) is 36.4 Å². The minimum Gasteiger partial charge on any atom is -0.386 e. The molecule has 0 heterocycles. The van der Waals surface area contributed by atoms with Crippen LogP contribution in [-0.2, 0) is 20.8 Å². The van der Waals surface area contributed by atoms with Crippen molar-refractivity contribution in [3.63, 3.8) is 0 Å². The first-order chi connectivity index (χ1) is 22.2. The fourth-order valence-corrected chi connectivity index (χ4v) is 7.48. The van der Waals surface area contributed by atoms with Gasteiger partial charge in [-0.05, 0) is 88.6 Å². The molecule has 47 heavy (non-hydrogen) atoms. The fraction of sp³-hybridized carbons (Fsp3) is 0.571. The van der Waals surface area contributed by atoms with Crippen molar-refractivity contribution in [3.8, 4) is 17.2 Å². The highest BCUT2D eigenvalue weighted by atomic mass is 31.2. The second-order valence-corrected chi connectivity index (χ2v) is 16.8. The third-order valence-corrected chi connectivity index (χ3v) is 11.1. The summed E-state index contributed by atoms with van der Waals surface area (Å²) in [7, 11) is -4.12. The monoisotopic (exact) mass is 662 g/mol. The van der Waals surface area contributed by atoms with Crippen LogP contribution in [0.4, 0.5) is 0 Å². The Morgan fingerprint density at radius 1 is 0.426 bits per heavy atom. The van der Waals surface area contributed by atoms with Crippen molar-refractivity contribution in [2.45, 2.75) is 156 Å². The second-order valence-electron chi connectivity index (χ2n) is 15.3. The molecular formula is C42H63O4P. The van der Waals surface area contributed by atoms with Gasteiger partial charge in [-0.2, -0.15) is 4.57 Å². The molecule has 0 saturated carbocycles. The highest BCUT2D eigenvalue weighted by Gasteiger charge is 2.34. The minimum atomic E-state index is -4.12. The molecule has 3 aromatic rings. The summed E-state index contributed by atoms with van der Waals surface area (Å²) in [6.07, 6.45) is 14.2. The first kappa shape index (κ1) is 38.7. The van der Waals surface area contributed by atoms with Crippen LogP contribution >= 0.6 is 7.82 Å². The van der Waals surface area contributed by atoms with Crippen LogP contribution in [0.2, 0.25) is 0 Å². The predicted molar refractivity (Wildman–Crippen MR) is 200 cm³/mol. The molecule has 0 atom stereocenters. The summed E-state index contributed by atoms with van der Waals surface area (Å²) >= 11 is 0. The quantitative estimate of drug-likeness (QED) is 0.0841. The average molecular weight is 663 g/mol. The Morgan fingerprint density at radius 2 is 0.660 bits per heavy atom. The highest BCUT2D eigenvalue weighted by Crippen LogP contribution is 2.50. The standard InChI is InChI=1S/C42H63O4P/c1-10-13-16-31-40(4,5)34-19-25-37(26-20-34)44-47(43,45-38-27-21-35(22-28-38)41(6,7)32-17-14-11-2)46-39-29-23-36(24-30-39)42(8,9)33-18-15-12-3/h19-30H,10-18,31-33H2,1-9H3. The molecule has 0 aromatic heterocycles. The molecule has 3 aromatic carbocycles. The van der Waals surface area contributed by atoms with Crippen LogP contribution < -0.4 is 13.6 Å². The molecule has 0 bridgehead atoms. The van der Waals surface area contributed by atoms with Gasteiger partial charge < -0.3 is 13.6 Å². The maximum absolute atomic E-state index is 14.4. The smallest absolute Gasteiger partial charge is 0.386 e. The zero-order valence-corrected chi connectivity index (χ0v) is 31.9. The van der Waals surface area contributed by atoms with Crippen LogP contribution in [0.25, 0.3) is 0 Å². The lowest BCUT2D eigenvalue weighted by Gasteiger charge is -2.27. The first-order valence-corrected chi connectivity index (χ1v) is 19.7. The number of phosphoric ester groups is 1. The number of unbranched alkanes of at least 4 members (excludes halogenated alkanes) is 6. The van der Waals surface area contributed by atoms with Gasteiger partial charge in [0.25, 0.3) is 0 Å². The van der Waals surface area contributed by atoms with Crippen molar-refractivity contribution >= 4 is 7.82 Å². The lowest BCUT2D eigenvalue weighted by atomic mass is 9.80.